The lowest BCUT2D eigenvalue weighted by Gasteiger charge is -2.21. The summed E-state index contributed by atoms with van der Waals surface area (Å²) in [7, 11) is 2.04. The van der Waals surface area contributed by atoms with E-state index in [9.17, 15) is 0 Å². The van der Waals surface area contributed by atoms with Crippen LogP contribution in [0.5, 0.6) is 0 Å². The van der Waals surface area contributed by atoms with Gasteiger partial charge in [0.25, 0.3) is 0 Å². The van der Waals surface area contributed by atoms with E-state index < -0.39 is 0 Å². The highest BCUT2D eigenvalue weighted by Crippen LogP contribution is 2.14. The van der Waals surface area contributed by atoms with Gasteiger partial charge < -0.3 is 9.73 Å². The monoisotopic (exact) mass is 195 g/mol. The first kappa shape index (κ1) is 11.3. The molecular formula is C12H21NO. The second-order valence-electron chi connectivity index (χ2n) is 3.90. The van der Waals surface area contributed by atoms with Crippen LogP contribution in [0.25, 0.3) is 0 Å². The maximum Gasteiger partial charge on any atom is 0.103 e. The zero-order chi connectivity index (χ0) is 10.4. The molecule has 0 amide bonds. The van der Waals surface area contributed by atoms with E-state index in [4.69, 9.17) is 4.42 Å². The van der Waals surface area contributed by atoms with Crippen LogP contribution in [0.15, 0.2) is 22.8 Å². The van der Waals surface area contributed by atoms with Crippen molar-refractivity contribution < 1.29 is 4.42 Å². The Bertz CT molecular complexity index is 230. The maximum atomic E-state index is 5.31. The van der Waals surface area contributed by atoms with Crippen LogP contribution >= 0.6 is 0 Å². The van der Waals surface area contributed by atoms with Gasteiger partial charge in [0.15, 0.2) is 0 Å². The molecule has 1 heterocycles. The lowest BCUT2D eigenvalue weighted by Crippen LogP contribution is -2.32. The molecule has 1 aromatic heterocycles. The summed E-state index contributed by atoms with van der Waals surface area (Å²) in [6.45, 7) is 4.53. The average Bonchev–Trinajstić information content (AvgIpc) is 2.71. The molecule has 1 N–H and O–H groups in total. The van der Waals surface area contributed by atoms with E-state index in [1.807, 2.05) is 19.2 Å². The van der Waals surface area contributed by atoms with Gasteiger partial charge in [-0.3, -0.25) is 0 Å². The Kier molecular flexibility index (Phi) is 4.74. The number of nitrogens with one attached hydrogen (secondary N) is 1. The maximum absolute atomic E-state index is 5.31. The highest BCUT2D eigenvalue weighted by Gasteiger charge is 2.13. The Hall–Kier alpha value is -0.760. The summed E-state index contributed by atoms with van der Waals surface area (Å²) < 4.78 is 5.31. The lowest BCUT2D eigenvalue weighted by molar-refractivity contribution is 0.358. The standard InChI is InChI=1S/C12H21NO/c1-4-10(2)12(13-3)8-7-11-6-5-9-14-11/h5-6,9-10,12-13H,4,7-8H2,1-3H3. The third kappa shape index (κ3) is 3.18. The molecule has 0 aliphatic rings. The van der Waals surface area contributed by atoms with Crippen molar-refractivity contribution in [2.75, 3.05) is 7.05 Å². The van der Waals surface area contributed by atoms with Gasteiger partial charge in [0.05, 0.1) is 6.26 Å². The van der Waals surface area contributed by atoms with Crippen LogP contribution in [0.3, 0.4) is 0 Å². The van der Waals surface area contributed by atoms with Crippen LogP contribution in [-0.2, 0) is 6.42 Å². The molecule has 80 valence electrons. The van der Waals surface area contributed by atoms with Gasteiger partial charge in [-0.2, -0.15) is 0 Å². The van der Waals surface area contributed by atoms with Crippen molar-refractivity contribution in [3.05, 3.63) is 24.2 Å². The van der Waals surface area contributed by atoms with Crippen LogP contribution in [0.4, 0.5) is 0 Å². The first-order valence-electron chi connectivity index (χ1n) is 5.47. The van der Waals surface area contributed by atoms with Gasteiger partial charge in [-0.05, 0) is 31.5 Å². The zero-order valence-electron chi connectivity index (χ0n) is 9.42. The number of hydrogen-bond acceptors (Lipinski definition) is 2. The van der Waals surface area contributed by atoms with Gasteiger partial charge in [-0.25, -0.2) is 0 Å². The fourth-order valence-corrected chi connectivity index (χ4v) is 1.75. The minimum Gasteiger partial charge on any atom is -0.469 e. The summed E-state index contributed by atoms with van der Waals surface area (Å²) in [5.74, 6) is 1.82. The second-order valence-corrected chi connectivity index (χ2v) is 3.90. The minimum atomic E-state index is 0.602. The Labute approximate surface area is 86.7 Å². The molecule has 0 saturated heterocycles. The SMILES string of the molecule is CCC(C)C(CCc1ccco1)NC. The van der Waals surface area contributed by atoms with Gasteiger partial charge in [-0.1, -0.05) is 20.3 Å². The zero-order valence-corrected chi connectivity index (χ0v) is 9.42. The van der Waals surface area contributed by atoms with Crippen molar-refractivity contribution in [1.82, 2.24) is 5.32 Å². The Balaban J connectivity index is 2.34. The fraction of sp³-hybridized carbons (Fsp3) is 0.667. The normalized spacial score (nSPS) is 15.4. The van der Waals surface area contributed by atoms with Gasteiger partial charge in [0.2, 0.25) is 0 Å². The molecule has 0 fully saturated rings. The molecule has 0 aromatic carbocycles. The minimum absolute atomic E-state index is 0.602. The molecule has 2 nitrogen and oxygen atoms in total. The predicted octanol–water partition coefficient (Wildman–Crippen LogP) is 2.85. The van der Waals surface area contributed by atoms with E-state index in [0.29, 0.717) is 6.04 Å². The van der Waals surface area contributed by atoms with Gasteiger partial charge in [0.1, 0.15) is 5.76 Å². The van der Waals surface area contributed by atoms with Crippen molar-refractivity contribution >= 4 is 0 Å². The van der Waals surface area contributed by atoms with E-state index in [1.165, 1.54) is 6.42 Å². The summed E-state index contributed by atoms with van der Waals surface area (Å²) >= 11 is 0. The molecule has 2 unspecified atom stereocenters. The van der Waals surface area contributed by atoms with Crippen LogP contribution in [0.2, 0.25) is 0 Å². The molecular weight excluding hydrogens is 174 g/mol. The second kappa shape index (κ2) is 5.86. The van der Waals surface area contributed by atoms with Crippen molar-refractivity contribution in [1.29, 1.82) is 0 Å². The highest BCUT2D eigenvalue weighted by atomic mass is 16.3. The van der Waals surface area contributed by atoms with E-state index >= 15 is 0 Å². The lowest BCUT2D eigenvalue weighted by atomic mass is 9.95. The van der Waals surface area contributed by atoms with Crippen molar-refractivity contribution in [3.8, 4) is 0 Å². The van der Waals surface area contributed by atoms with E-state index in [1.54, 1.807) is 6.26 Å². The van der Waals surface area contributed by atoms with Crippen LogP contribution < -0.4 is 5.32 Å². The molecule has 0 saturated carbocycles. The first-order valence-corrected chi connectivity index (χ1v) is 5.47. The molecule has 14 heavy (non-hydrogen) atoms. The Morgan fingerprint density at radius 2 is 2.29 bits per heavy atom. The highest BCUT2D eigenvalue weighted by molar-refractivity contribution is 4.98. The van der Waals surface area contributed by atoms with E-state index in [-0.39, 0.29) is 0 Å². The first-order chi connectivity index (χ1) is 6.77. The summed E-state index contributed by atoms with van der Waals surface area (Å²) in [6, 6.07) is 4.60. The third-order valence-corrected chi connectivity index (χ3v) is 2.98. The summed E-state index contributed by atoms with van der Waals surface area (Å²) in [5.41, 5.74) is 0. The number of hydrogen-bond donors (Lipinski definition) is 1. The predicted molar refractivity (Wildman–Crippen MR) is 59.3 cm³/mol. The molecule has 0 bridgehead atoms. The largest absolute Gasteiger partial charge is 0.469 e. The van der Waals surface area contributed by atoms with E-state index in [0.717, 1.165) is 24.5 Å². The smallest absolute Gasteiger partial charge is 0.103 e. The quantitative estimate of drug-likeness (QED) is 0.755. The summed E-state index contributed by atoms with van der Waals surface area (Å²) in [4.78, 5) is 0. The molecule has 2 heteroatoms. The molecule has 0 spiro atoms. The van der Waals surface area contributed by atoms with Crippen LogP contribution in [-0.4, -0.2) is 13.1 Å². The van der Waals surface area contributed by atoms with E-state index in [2.05, 4.69) is 19.2 Å². The van der Waals surface area contributed by atoms with Crippen molar-refractivity contribution in [2.45, 2.75) is 39.2 Å². The Morgan fingerprint density at radius 3 is 2.79 bits per heavy atom. The van der Waals surface area contributed by atoms with Gasteiger partial charge in [0, 0.05) is 12.5 Å². The fourth-order valence-electron chi connectivity index (χ4n) is 1.75. The van der Waals surface area contributed by atoms with Crippen molar-refractivity contribution in [3.63, 3.8) is 0 Å². The molecule has 1 rings (SSSR count). The third-order valence-electron chi connectivity index (χ3n) is 2.98. The summed E-state index contributed by atoms with van der Waals surface area (Å²) in [6.07, 6.45) is 5.15. The van der Waals surface area contributed by atoms with Crippen LogP contribution in [0, 0.1) is 5.92 Å². The summed E-state index contributed by atoms with van der Waals surface area (Å²) in [5, 5.41) is 3.37. The van der Waals surface area contributed by atoms with Gasteiger partial charge in [-0.15, -0.1) is 0 Å². The van der Waals surface area contributed by atoms with Crippen LogP contribution in [0.1, 0.15) is 32.4 Å². The molecule has 2 atom stereocenters. The number of rotatable bonds is 6. The molecule has 0 radical (unpaired) electrons. The Morgan fingerprint density at radius 1 is 1.50 bits per heavy atom. The van der Waals surface area contributed by atoms with Gasteiger partial charge >= 0.3 is 0 Å². The molecule has 1 aromatic rings. The number of furan rings is 1. The topological polar surface area (TPSA) is 25.2 Å². The molecule has 0 aliphatic carbocycles. The van der Waals surface area contributed by atoms with Crippen molar-refractivity contribution in [2.24, 2.45) is 5.92 Å². The molecule has 0 aliphatic heterocycles. The average molecular weight is 195 g/mol. The number of aryl methyl sites for hydroxylation is 1.